The van der Waals surface area contributed by atoms with Crippen molar-refractivity contribution in [3.05, 3.63) is 75.9 Å². The van der Waals surface area contributed by atoms with Crippen LogP contribution in [0.15, 0.2) is 42.9 Å². The largest absolute Gasteiger partial charge is 0.507 e. The molecule has 8 heteroatoms. The lowest BCUT2D eigenvalue weighted by Gasteiger charge is -2.22. The number of halogens is 1. The molecule has 2 rings (SSSR count). The molecule has 7 nitrogen and oxygen atoms in total. The molecule has 1 amide bonds. The molecule has 0 fully saturated rings. The van der Waals surface area contributed by atoms with E-state index in [9.17, 15) is 20.1 Å². The summed E-state index contributed by atoms with van der Waals surface area (Å²) in [5, 5.41) is 32.8. The smallest absolute Gasteiger partial charge is 0.263 e. The number of amides is 1. The van der Waals surface area contributed by atoms with Crippen molar-refractivity contribution in [3.8, 4) is 17.2 Å². The van der Waals surface area contributed by atoms with E-state index in [4.69, 9.17) is 11.6 Å². The predicted molar refractivity (Wildman–Crippen MR) is 133 cm³/mol. The predicted octanol–water partition coefficient (Wildman–Crippen LogP) is 5.42. The van der Waals surface area contributed by atoms with Crippen LogP contribution in [0.3, 0.4) is 0 Å². The van der Waals surface area contributed by atoms with Crippen molar-refractivity contribution in [2.75, 3.05) is 7.05 Å². The summed E-state index contributed by atoms with van der Waals surface area (Å²) in [5.41, 5.74) is 3.91. The third-order valence-electron chi connectivity index (χ3n) is 5.16. The Bertz CT molecular complexity index is 1170. The lowest BCUT2D eigenvalue weighted by Crippen LogP contribution is -2.22. The van der Waals surface area contributed by atoms with E-state index in [1.807, 2.05) is 37.9 Å². The Labute approximate surface area is 198 Å². The van der Waals surface area contributed by atoms with E-state index < -0.39 is 28.7 Å². The zero-order valence-corrected chi connectivity index (χ0v) is 20.1. The van der Waals surface area contributed by atoms with Gasteiger partial charge in [-0.05, 0) is 51.0 Å². The number of nitrogens with zero attached hydrogens (tertiary/aromatic N) is 2. The van der Waals surface area contributed by atoms with Crippen LogP contribution in [0, 0.1) is 6.92 Å². The average Bonchev–Trinajstić information content (AvgIpc) is 2.76. The lowest BCUT2D eigenvalue weighted by atomic mass is 10.0. The number of aromatic nitrogens is 1. The van der Waals surface area contributed by atoms with Gasteiger partial charge >= 0.3 is 0 Å². The summed E-state index contributed by atoms with van der Waals surface area (Å²) in [4.78, 5) is 19.2. The quantitative estimate of drug-likeness (QED) is 0.318. The summed E-state index contributed by atoms with van der Waals surface area (Å²) in [6.07, 6.45) is 6.96. The minimum atomic E-state index is -0.806. The number of benzene rings is 1. The van der Waals surface area contributed by atoms with Gasteiger partial charge in [0.25, 0.3) is 5.91 Å². The first-order valence-electron chi connectivity index (χ1n) is 10.1. The summed E-state index contributed by atoms with van der Waals surface area (Å²) in [6.45, 7) is 14.6. The maximum Gasteiger partial charge on any atom is 0.263 e. The van der Waals surface area contributed by atoms with E-state index in [-0.39, 0.29) is 10.6 Å². The summed E-state index contributed by atoms with van der Waals surface area (Å²) < 4.78 is 0. The summed E-state index contributed by atoms with van der Waals surface area (Å²) in [6, 6.07) is 1.86. The minimum Gasteiger partial charge on any atom is -0.507 e. The van der Waals surface area contributed by atoms with Gasteiger partial charge in [0.2, 0.25) is 0 Å². The van der Waals surface area contributed by atoms with Crippen molar-refractivity contribution in [2.45, 2.75) is 27.7 Å². The van der Waals surface area contributed by atoms with Gasteiger partial charge < -0.3 is 25.5 Å². The Morgan fingerprint density at radius 2 is 1.82 bits per heavy atom. The fraction of sp³-hybridized carbons (Fsp3) is 0.200. The van der Waals surface area contributed by atoms with E-state index in [1.54, 1.807) is 25.3 Å². The molecule has 0 saturated carbocycles. The van der Waals surface area contributed by atoms with Gasteiger partial charge in [-0.1, -0.05) is 36.9 Å². The van der Waals surface area contributed by atoms with Crippen molar-refractivity contribution >= 4 is 35.4 Å². The molecule has 0 bridgehead atoms. The minimum absolute atomic E-state index is 0.0759. The van der Waals surface area contributed by atoms with Gasteiger partial charge in [-0.2, -0.15) is 0 Å². The number of rotatable bonds is 7. The van der Waals surface area contributed by atoms with Crippen LogP contribution in [0.25, 0.3) is 17.8 Å². The molecule has 0 unspecified atom stereocenters. The van der Waals surface area contributed by atoms with Crippen LogP contribution in [0.2, 0.25) is 5.02 Å². The number of carbonyl (C=O) groups is 1. The van der Waals surface area contributed by atoms with E-state index in [0.29, 0.717) is 11.4 Å². The second-order valence-corrected chi connectivity index (χ2v) is 7.89. The van der Waals surface area contributed by atoms with Gasteiger partial charge in [-0.25, -0.2) is 0 Å². The molecule has 4 N–H and O–H groups in total. The van der Waals surface area contributed by atoms with Crippen molar-refractivity contribution in [3.63, 3.8) is 0 Å². The van der Waals surface area contributed by atoms with Crippen LogP contribution in [-0.2, 0) is 0 Å². The molecule has 1 aromatic carbocycles. The Kier molecular flexibility index (Phi) is 7.95. The number of pyridine rings is 1. The normalized spacial score (nSPS) is 11.8. The maximum atomic E-state index is 12.8. The molecule has 174 valence electrons. The fourth-order valence-corrected chi connectivity index (χ4v) is 3.34. The fourth-order valence-electron chi connectivity index (χ4n) is 3.17. The third-order valence-corrected chi connectivity index (χ3v) is 5.62. The molecule has 0 radical (unpaired) electrons. The van der Waals surface area contributed by atoms with Crippen LogP contribution in [0.4, 0.5) is 0 Å². The summed E-state index contributed by atoms with van der Waals surface area (Å²) >= 11 is 5.86. The zero-order valence-electron chi connectivity index (χ0n) is 19.3. The van der Waals surface area contributed by atoms with Crippen molar-refractivity contribution in [1.82, 2.24) is 15.2 Å². The van der Waals surface area contributed by atoms with Crippen molar-refractivity contribution < 1.29 is 20.1 Å². The van der Waals surface area contributed by atoms with E-state index >= 15 is 0 Å². The van der Waals surface area contributed by atoms with Crippen LogP contribution in [0.1, 0.15) is 53.5 Å². The molecule has 1 aromatic heterocycles. The molecule has 1 heterocycles. The first-order chi connectivity index (χ1) is 15.4. The zero-order chi connectivity index (χ0) is 25.0. The molecular formula is C25H28ClN3O4. The Morgan fingerprint density at radius 1 is 1.18 bits per heavy atom. The lowest BCUT2D eigenvalue weighted by molar-refractivity contribution is 0.0960. The van der Waals surface area contributed by atoms with E-state index in [0.717, 1.165) is 22.5 Å². The number of allylic oxidation sites excluding steroid dienone is 3. The van der Waals surface area contributed by atoms with Crippen LogP contribution >= 0.6 is 11.6 Å². The van der Waals surface area contributed by atoms with Gasteiger partial charge in [-0.15, -0.1) is 0 Å². The van der Waals surface area contributed by atoms with Crippen molar-refractivity contribution in [1.29, 1.82) is 0 Å². The number of aromatic hydroxyl groups is 3. The maximum absolute atomic E-state index is 12.8. The number of hydrogen-bond acceptors (Lipinski definition) is 6. The highest BCUT2D eigenvalue weighted by atomic mass is 35.5. The average molecular weight is 470 g/mol. The van der Waals surface area contributed by atoms with Gasteiger partial charge in [0.1, 0.15) is 11.3 Å². The van der Waals surface area contributed by atoms with E-state index in [1.165, 1.54) is 6.92 Å². The number of hydrogen-bond donors (Lipinski definition) is 4. The van der Waals surface area contributed by atoms with Crippen LogP contribution in [0.5, 0.6) is 17.2 Å². The van der Waals surface area contributed by atoms with Crippen LogP contribution in [-0.4, -0.2) is 38.2 Å². The third kappa shape index (κ3) is 5.21. The highest BCUT2D eigenvalue weighted by Gasteiger charge is 2.25. The Morgan fingerprint density at radius 3 is 2.36 bits per heavy atom. The number of carbonyl (C=O) groups excluding carboxylic acids is 1. The first kappa shape index (κ1) is 25.5. The van der Waals surface area contributed by atoms with E-state index in [2.05, 4.69) is 23.5 Å². The molecule has 0 saturated heterocycles. The molecule has 0 spiro atoms. The Balaban J connectivity index is 2.47. The molecule has 0 aliphatic rings. The number of phenolic OH excluding ortho intramolecular Hbond substituents is 3. The SMILES string of the molecule is C=Cc1cnc(/C(=C/C)N(C)C(=C)C)cc1/C=C(\C)NC(=O)c1c(O)c(C)c(Cl)c(O)c1O. The van der Waals surface area contributed by atoms with Crippen molar-refractivity contribution in [2.24, 2.45) is 0 Å². The van der Waals surface area contributed by atoms with Gasteiger partial charge in [0.05, 0.1) is 16.4 Å². The summed E-state index contributed by atoms with van der Waals surface area (Å²) in [5.74, 6) is -2.79. The highest BCUT2D eigenvalue weighted by Crippen LogP contribution is 2.44. The molecule has 0 aliphatic heterocycles. The van der Waals surface area contributed by atoms with Gasteiger partial charge in [-0.3, -0.25) is 9.78 Å². The highest BCUT2D eigenvalue weighted by molar-refractivity contribution is 6.33. The molecular weight excluding hydrogens is 442 g/mol. The second kappa shape index (κ2) is 10.3. The second-order valence-electron chi connectivity index (χ2n) is 7.51. The molecule has 0 atom stereocenters. The van der Waals surface area contributed by atoms with Crippen LogP contribution < -0.4 is 5.32 Å². The van der Waals surface area contributed by atoms with Gasteiger partial charge in [0, 0.05) is 30.2 Å². The topological polar surface area (TPSA) is 106 Å². The Hall–Kier alpha value is -3.71. The standard InChI is InChI=1S/C25H28ClN3O4/c1-8-16-12-27-18(19(9-2)29(7)13(3)4)11-17(16)10-14(5)28-25(33)20-22(30)15(6)21(26)24(32)23(20)31/h8-12,30-32H,1,3H2,2,4-7H3,(H,28,33)/b14-10+,19-9-. The number of nitrogens with one attached hydrogen (secondary N) is 1. The summed E-state index contributed by atoms with van der Waals surface area (Å²) in [7, 11) is 1.89. The molecule has 0 aliphatic carbocycles. The molecule has 2 aromatic rings. The van der Waals surface area contributed by atoms with Gasteiger partial charge in [0.15, 0.2) is 11.5 Å². The molecule has 33 heavy (non-hydrogen) atoms. The number of phenols is 3. The monoisotopic (exact) mass is 469 g/mol. The first-order valence-corrected chi connectivity index (χ1v) is 10.4.